The molecule has 40 heavy (non-hydrogen) atoms. The van der Waals surface area contributed by atoms with Gasteiger partial charge in [-0.05, 0) is 42.8 Å². The van der Waals surface area contributed by atoms with E-state index in [0.29, 0.717) is 49.4 Å². The molecule has 0 radical (unpaired) electrons. The molecule has 0 unspecified atom stereocenters. The fourth-order valence-corrected chi connectivity index (χ4v) is 5.66. The largest absolute Gasteiger partial charge is 0.478 e. The topological polar surface area (TPSA) is 177 Å². The first-order valence-electron chi connectivity index (χ1n) is 12.0. The molecule has 5 N–H and O–H groups in total. The van der Waals surface area contributed by atoms with E-state index in [-0.39, 0.29) is 54.7 Å². The molecule has 218 valence electrons. The van der Waals surface area contributed by atoms with Gasteiger partial charge in [0.1, 0.15) is 11.9 Å². The third-order valence-electron chi connectivity index (χ3n) is 6.94. The van der Waals surface area contributed by atoms with Crippen molar-refractivity contribution in [3.63, 3.8) is 0 Å². The Hall–Kier alpha value is -3.23. The van der Waals surface area contributed by atoms with Gasteiger partial charge in [-0.3, -0.25) is 19.9 Å². The zero-order valence-corrected chi connectivity index (χ0v) is 24.1. The first-order chi connectivity index (χ1) is 17.9. The average Bonchev–Trinajstić information content (AvgIpc) is 3.34. The van der Waals surface area contributed by atoms with E-state index in [0.717, 1.165) is 0 Å². The van der Waals surface area contributed by atoms with Crippen molar-refractivity contribution in [2.45, 2.75) is 18.5 Å². The summed E-state index contributed by atoms with van der Waals surface area (Å²) in [5, 5.41) is 19.4. The molecule has 2 aromatic carbocycles. The van der Waals surface area contributed by atoms with Crippen molar-refractivity contribution < 1.29 is 27.9 Å². The van der Waals surface area contributed by atoms with Crippen molar-refractivity contribution >= 4 is 64.1 Å². The highest BCUT2D eigenvalue weighted by atomic mass is 35.5. The number of nitrogens with two attached hydrogens (primary N) is 1. The third-order valence-corrected chi connectivity index (χ3v) is 8.25. The Morgan fingerprint density at radius 1 is 0.925 bits per heavy atom. The van der Waals surface area contributed by atoms with Crippen LogP contribution in [-0.2, 0) is 14.8 Å². The van der Waals surface area contributed by atoms with Gasteiger partial charge >= 0.3 is 5.97 Å². The molecular formula is C25H32Cl2N6O6S. The normalized spacial score (nSPS) is 19.7. The molecule has 0 saturated carbocycles. The van der Waals surface area contributed by atoms with Crippen LogP contribution >= 0.6 is 24.8 Å². The van der Waals surface area contributed by atoms with E-state index in [1.165, 1.54) is 39.7 Å². The molecule has 15 heteroatoms. The fraction of sp³-hybridized carbons (Fsp3) is 0.360. The molecule has 0 aliphatic carbocycles. The first kappa shape index (κ1) is 33.0. The number of rotatable bonds is 7. The average molecular weight is 616 g/mol. The summed E-state index contributed by atoms with van der Waals surface area (Å²) in [6.07, 6.45) is 1.54. The molecule has 0 bridgehead atoms. The quantitative estimate of drug-likeness (QED) is 0.266. The van der Waals surface area contributed by atoms with Gasteiger partial charge in [-0.1, -0.05) is 12.1 Å². The number of anilines is 1. The molecule has 0 spiro atoms. The summed E-state index contributed by atoms with van der Waals surface area (Å²) in [6.45, 7) is 1.92. The van der Waals surface area contributed by atoms with Gasteiger partial charge in [-0.25, -0.2) is 13.2 Å². The summed E-state index contributed by atoms with van der Waals surface area (Å²) in [6, 6.07) is 11.1. The van der Waals surface area contributed by atoms with Crippen molar-refractivity contribution in [3.05, 3.63) is 65.2 Å². The lowest BCUT2D eigenvalue weighted by Gasteiger charge is -2.36. The van der Waals surface area contributed by atoms with Crippen molar-refractivity contribution in [1.29, 1.82) is 5.41 Å². The second kappa shape index (κ2) is 13.4. The predicted molar refractivity (Wildman–Crippen MR) is 155 cm³/mol. The van der Waals surface area contributed by atoms with Gasteiger partial charge in [0.25, 0.3) is 5.91 Å². The summed E-state index contributed by atoms with van der Waals surface area (Å²) < 4.78 is 25.2. The van der Waals surface area contributed by atoms with Crippen LogP contribution in [-0.4, -0.2) is 102 Å². The van der Waals surface area contributed by atoms with Gasteiger partial charge in [0.15, 0.2) is 0 Å². The fourth-order valence-electron chi connectivity index (χ4n) is 4.83. The van der Waals surface area contributed by atoms with Crippen LogP contribution in [0.4, 0.5) is 5.69 Å². The summed E-state index contributed by atoms with van der Waals surface area (Å²) in [5.74, 6) is -1.95. The van der Waals surface area contributed by atoms with Crippen LogP contribution in [0, 0.1) is 5.41 Å². The van der Waals surface area contributed by atoms with Crippen molar-refractivity contribution in [3.8, 4) is 0 Å². The summed E-state index contributed by atoms with van der Waals surface area (Å²) in [5.41, 5.74) is 6.83. The number of amidine groups is 1. The maximum Gasteiger partial charge on any atom is 0.335 e. The maximum atomic E-state index is 13.5. The Bertz CT molecular complexity index is 1350. The Balaban J connectivity index is 0.00000280. The number of nitrogens with zero attached hydrogens (tertiary/aromatic N) is 3. The summed E-state index contributed by atoms with van der Waals surface area (Å²) in [7, 11) is -3.29. The molecule has 12 nitrogen and oxygen atoms in total. The number of sulfonamides is 1. The zero-order chi connectivity index (χ0) is 27.6. The Labute approximate surface area is 244 Å². The number of halogens is 2. The number of carboxylic acids is 1. The number of amides is 2. The van der Waals surface area contributed by atoms with Crippen LogP contribution in [0.15, 0.2) is 48.5 Å². The van der Waals surface area contributed by atoms with Crippen molar-refractivity contribution in [2.24, 2.45) is 5.73 Å². The smallest absolute Gasteiger partial charge is 0.335 e. The van der Waals surface area contributed by atoms with Crippen molar-refractivity contribution in [2.75, 3.05) is 44.3 Å². The molecular weight excluding hydrogens is 583 g/mol. The summed E-state index contributed by atoms with van der Waals surface area (Å²) >= 11 is 0. The lowest BCUT2D eigenvalue weighted by Crippen LogP contribution is -2.52. The van der Waals surface area contributed by atoms with Crippen LogP contribution < -0.4 is 11.1 Å². The molecule has 4 rings (SSSR count). The number of hydrogen-bond donors (Lipinski definition) is 4. The monoisotopic (exact) mass is 614 g/mol. The third kappa shape index (κ3) is 7.49. The summed E-state index contributed by atoms with van der Waals surface area (Å²) in [4.78, 5) is 41.6. The minimum absolute atomic E-state index is 0. The Morgan fingerprint density at radius 3 is 1.95 bits per heavy atom. The number of carboxylic acid groups (broad SMARTS) is 1. The van der Waals surface area contributed by atoms with E-state index < -0.39 is 27.9 Å². The number of benzene rings is 2. The number of nitrogen functional groups attached to an aromatic ring is 1. The Kier molecular flexibility index (Phi) is 11.1. The minimum Gasteiger partial charge on any atom is -0.478 e. The van der Waals surface area contributed by atoms with Crippen LogP contribution in [0.2, 0.25) is 0 Å². The van der Waals surface area contributed by atoms with Gasteiger partial charge in [-0.2, -0.15) is 4.31 Å². The maximum absolute atomic E-state index is 13.5. The van der Waals surface area contributed by atoms with Gasteiger partial charge in [0.2, 0.25) is 15.9 Å². The highest BCUT2D eigenvalue weighted by Gasteiger charge is 2.43. The van der Waals surface area contributed by atoms with E-state index >= 15 is 0 Å². The SMILES string of the molecule is CS(=O)(=O)N1CCN([C@H]2C[C@@H](C(=O)Nc3ccc(C(=O)O)cc3)N(C(=O)c3ccc(C(=N)N)cc3)C2)CC1.Cl.Cl. The number of hydrogen-bond acceptors (Lipinski definition) is 7. The van der Waals surface area contributed by atoms with Crippen LogP contribution in [0.1, 0.15) is 32.7 Å². The number of carbonyl (C=O) groups excluding carboxylic acids is 2. The minimum atomic E-state index is -3.29. The van der Waals surface area contributed by atoms with Crippen LogP contribution in [0.3, 0.4) is 0 Å². The number of carbonyl (C=O) groups is 3. The molecule has 2 fully saturated rings. The Morgan fingerprint density at radius 2 is 1.45 bits per heavy atom. The van der Waals surface area contributed by atoms with Gasteiger partial charge in [-0.15, -0.1) is 24.8 Å². The molecule has 2 saturated heterocycles. The number of likely N-dealkylation sites (tertiary alicyclic amines) is 1. The lowest BCUT2D eigenvalue weighted by molar-refractivity contribution is -0.119. The molecule has 2 atom stereocenters. The molecule has 2 amide bonds. The van der Waals surface area contributed by atoms with E-state index in [9.17, 15) is 22.8 Å². The second-order valence-electron chi connectivity index (χ2n) is 9.42. The van der Waals surface area contributed by atoms with Crippen LogP contribution in [0.25, 0.3) is 0 Å². The number of aromatic carboxylic acids is 1. The first-order valence-corrected chi connectivity index (χ1v) is 13.9. The zero-order valence-electron chi connectivity index (χ0n) is 21.6. The number of piperazine rings is 1. The highest BCUT2D eigenvalue weighted by Crippen LogP contribution is 2.27. The van der Waals surface area contributed by atoms with Crippen molar-refractivity contribution in [1.82, 2.24) is 14.1 Å². The van der Waals surface area contributed by atoms with E-state index in [1.54, 1.807) is 24.3 Å². The predicted octanol–water partition coefficient (Wildman–Crippen LogP) is 1.31. The molecule has 0 aromatic heterocycles. The van der Waals surface area contributed by atoms with Gasteiger partial charge < -0.3 is 21.1 Å². The van der Waals surface area contributed by atoms with E-state index in [4.69, 9.17) is 16.2 Å². The number of nitrogens with one attached hydrogen (secondary N) is 2. The second-order valence-corrected chi connectivity index (χ2v) is 11.4. The van der Waals surface area contributed by atoms with E-state index in [1.807, 2.05) is 0 Å². The molecule has 2 heterocycles. The molecule has 2 aliphatic rings. The molecule has 2 aromatic rings. The van der Waals surface area contributed by atoms with Gasteiger partial charge in [0, 0.05) is 55.6 Å². The standard InChI is InChI=1S/C25H30N6O6S.2ClH/c1-38(36,37)30-12-10-29(11-13-30)20-14-21(23(32)28-19-8-6-18(7-9-19)25(34)35)31(15-20)24(33)17-4-2-16(3-5-17)22(26)27;;/h2-9,20-21H,10-15H2,1H3,(H3,26,27)(H,28,32)(H,34,35);2*1H/t20-,21-;;/m0../s1. The van der Waals surface area contributed by atoms with E-state index in [2.05, 4.69) is 10.2 Å². The lowest BCUT2D eigenvalue weighted by atomic mass is 10.1. The van der Waals surface area contributed by atoms with Gasteiger partial charge in [0.05, 0.1) is 11.8 Å². The highest BCUT2D eigenvalue weighted by molar-refractivity contribution is 7.88. The van der Waals surface area contributed by atoms with Crippen LogP contribution in [0.5, 0.6) is 0 Å². The molecule has 2 aliphatic heterocycles.